The van der Waals surface area contributed by atoms with E-state index in [1.807, 2.05) is 0 Å². The first-order valence-corrected chi connectivity index (χ1v) is 5.99. The van der Waals surface area contributed by atoms with Crippen molar-refractivity contribution in [2.45, 2.75) is 19.3 Å². The molecule has 5 heteroatoms. The summed E-state index contributed by atoms with van der Waals surface area (Å²) in [7, 11) is 0. The molecule has 1 rings (SSSR count). The average molecular weight is 230 g/mol. The van der Waals surface area contributed by atoms with Gasteiger partial charge in [-0.05, 0) is 31.8 Å². The molecule has 1 unspecified atom stereocenters. The van der Waals surface area contributed by atoms with Crippen LogP contribution in [0.1, 0.15) is 19.3 Å². The first kappa shape index (κ1) is 13.4. The maximum absolute atomic E-state index is 11.5. The van der Waals surface area contributed by atoms with E-state index < -0.39 is 0 Å². The third-order valence-electron chi connectivity index (χ3n) is 2.68. The maximum atomic E-state index is 11.5. The Hall–Kier alpha value is -0.650. The van der Waals surface area contributed by atoms with Gasteiger partial charge in [-0.15, -0.1) is 0 Å². The predicted octanol–water partition coefficient (Wildman–Crippen LogP) is -0.499. The van der Waals surface area contributed by atoms with Crippen molar-refractivity contribution in [3.63, 3.8) is 0 Å². The molecule has 0 aromatic rings. The molecule has 1 aliphatic rings. The van der Waals surface area contributed by atoms with Gasteiger partial charge in [0.1, 0.15) is 0 Å². The number of hydrogen-bond acceptors (Lipinski definition) is 4. The second-order valence-corrected chi connectivity index (χ2v) is 4.10. The highest BCUT2D eigenvalue weighted by molar-refractivity contribution is 5.76. The topological polar surface area (TPSA) is 70.6 Å². The van der Waals surface area contributed by atoms with Gasteiger partial charge >= 0.3 is 0 Å². The summed E-state index contributed by atoms with van der Waals surface area (Å²) in [5.74, 6) is 0.577. The second kappa shape index (κ2) is 8.50. The molecule has 1 fully saturated rings. The molecule has 5 nitrogen and oxygen atoms in total. The van der Waals surface area contributed by atoms with Crippen LogP contribution >= 0.6 is 0 Å². The van der Waals surface area contributed by atoms with Gasteiger partial charge in [-0.2, -0.15) is 0 Å². The largest absolute Gasteiger partial charge is 0.394 e. The molecule has 0 aromatic heterocycles. The van der Waals surface area contributed by atoms with Crippen molar-refractivity contribution >= 4 is 5.91 Å². The van der Waals surface area contributed by atoms with Gasteiger partial charge in [0.2, 0.25) is 5.91 Å². The minimum Gasteiger partial charge on any atom is -0.394 e. The zero-order valence-electron chi connectivity index (χ0n) is 9.71. The number of aliphatic hydroxyl groups excluding tert-OH is 1. The van der Waals surface area contributed by atoms with Crippen LogP contribution in [-0.2, 0) is 9.53 Å². The molecule has 1 atom stereocenters. The van der Waals surface area contributed by atoms with Gasteiger partial charge in [0.25, 0.3) is 0 Å². The predicted molar refractivity (Wildman–Crippen MR) is 61.1 cm³/mol. The third kappa shape index (κ3) is 6.05. The van der Waals surface area contributed by atoms with Gasteiger partial charge in [-0.1, -0.05) is 0 Å². The number of carbonyl (C=O) groups is 1. The second-order valence-electron chi connectivity index (χ2n) is 4.10. The Morgan fingerprint density at radius 1 is 1.50 bits per heavy atom. The summed E-state index contributed by atoms with van der Waals surface area (Å²) in [5.41, 5.74) is 0. The molecule has 1 amide bonds. The van der Waals surface area contributed by atoms with Gasteiger partial charge in [0.15, 0.2) is 0 Å². The smallest absolute Gasteiger partial charge is 0.220 e. The summed E-state index contributed by atoms with van der Waals surface area (Å²) in [4.78, 5) is 11.5. The standard InChI is InChI=1S/C11H22N2O3/c14-5-7-16-6-4-13-11(15)8-10-2-1-3-12-9-10/h10,12,14H,1-9H2,(H,13,15). The van der Waals surface area contributed by atoms with Crippen LogP contribution in [0, 0.1) is 5.92 Å². The van der Waals surface area contributed by atoms with Crippen molar-refractivity contribution in [1.29, 1.82) is 0 Å². The van der Waals surface area contributed by atoms with E-state index in [4.69, 9.17) is 9.84 Å². The third-order valence-corrected chi connectivity index (χ3v) is 2.68. The van der Waals surface area contributed by atoms with Crippen LogP contribution in [0.2, 0.25) is 0 Å². The first-order chi connectivity index (χ1) is 7.83. The van der Waals surface area contributed by atoms with Gasteiger partial charge in [0, 0.05) is 13.0 Å². The Kier molecular flexibility index (Phi) is 7.12. The van der Waals surface area contributed by atoms with E-state index in [2.05, 4.69) is 10.6 Å². The normalized spacial score (nSPS) is 20.7. The molecule has 0 aromatic carbocycles. The molecule has 1 heterocycles. The van der Waals surface area contributed by atoms with Gasteiger partial charge < -0.3 is 20.5 Å². The lowest BCUT2D eigenvalue weighted by molar-refractivity contribution is -0.122. The summed E-state index contributed by atoms with van der Waals surface area (Å²) in [6, 6.07) is 0. The van der Waals surface area contributed by atoms with Crippen LogP contribution in [0.4, 0.5) is 0 Å². The number of ether oxygens (including phenoxy) is 1. The molecule has 0 aliphatic carbocycles. The zero-order chi connectivity index (χ0) is 11.6. The Balaban J connectivity index is 1.97. The van der Waals surface area contributed by atoms with Gasteiger partial charge in [-0.3, -0.25) is 4.79 Å². The number of aliphatic hydroxyl groups is 1. The number of carbonyl (C=O) groups excluding carboxylic acids is 1. The van der Waals surface area contributed by atoms with Crippen LogP contribution in [-0.4, -0.2) is 50.5 Å². The highest BCUT2D eigenvalue weighted by Gasteiger charge is 2.16. The lowest BCUT2D eigenvalue weighted by atomic mass is 9.96. The highest BCUT2D eigenvalue weighted by atomic mass is 16.5. The molecular weight excluding hydrogens is 208 g/mol. The van der Waals surface area contributed by atoms with Gasteiger partial charge in [-0.25, -0.2) is 0 Å². The SMILES string of the molecule is O=C(CC1CCCNC1)NCCOCCO. The van der Waals surface area contributed by atoms with E-state index in [1.165, 1.54) is 0 Å². The van der Waals surface area contributed by atoms with Crippen molar-refractivity contribution in [1.82, 2.24) is 10.6 Å². The van der Waals surface area contributed by atoms with Crippen molar-refractivity contribution in [3.05, 3.63) is 0 Å². The maximum Gasteiger partial charge on any atom is 0.220 e. The van der Waals surface area contributed by atoms with E-state index >= 15 is 0 Å². The van der Waals surface area contributed by atoms with Crippen molar-refractivity contribution in [2.75, 3.05) is 39.5 Å². The minimum absolute atomic E-state index is 0.0295. The van der Waals surface area contributed by atoms with E-state index in [1.54, 1.807) is 0 Å². The molecule has 0 radical (unpaired) electrons. The summed E-state index contributed by atoms with van der Waals surface area (Å²) in [5, 5.41) is 14.6. The monoisotopic (exact) mass is 230 g/mol. The molecule has 0 spiro atoms. The van der Waals surface area contributed by atoms with Crippen LogP contribution in [0.25, 0.3) is 0 Å². The number of rotatable bonds is 7. The molecule has 94 valence electrons. The molecule has 0 bridgehead atoms. The van der Waals surface area contributed by atoms with Crippen molar-refractivity contribution < 1.29 is 14.6 Å². The molecule has 0 saturated carbocycles. The number of amides is 1. The van der Waals surface area contributed by atoms with Crippen LogP contribution < -0.4 is 10.6 Å². The van der Waals surface area contributed by atoms with Crippen molar-refractivity contribution in [3.8, 4) is 0 Å². The van der Waals surface area contributed by atoms with Crippen LogP contribution in [0.5, 0.6) is 0 Å². The number of hydrogen-bond donors (Lipinski definition) is 3. The lowest BCUT2D eigenvalue weighted by Gasteiger charge is -2.22. The Morgan fingerprint density at radius 2 is 2.38 bits per heavy atom. The molecular formula is C11H22N2O3. The van der Waals surface area contributed by atoms with E-state index in [9.17, 15) is 4.79 Å². The summed E-state index contributed by atoms with van der Waals surface area (Å²) >= 11 is 0. The van der Waals surface area contributed by atoms with Crippen LogP contribution in [0.3, 0.4) is 0 Å². The summed E-state index contributed by atoms with van der Waals surface area (Å²) in [6.07, 6.45) is 2.91. The highest BCUT2D eigenvalue weighted by Crippen LogP contribution is 2.13. The van der Waals surface area contributed by atoms with Crippen LogP contribution in [0.15, 0.2) is 0 Å². The fraction of sp³-hybridized carbons (Fsp3) is 0.909. The van der Waals surface area contributed by atoms with E-state index in [0.29, 0.717) is 32.1 Å². The Labute approximate surface area is 96.6 Å². The molecule has 16 heavy (non-hydrogen) atoms. The number of piperidine rings is 1. The van der Waals surface area contributed by atoms with E-state index in [0.717, 1.165) is 25.9 Å². The Morgan fingerprint density at radius 3 is 3.06 bits per heavy atom. The molecule has 1 saturated heterocycles. The quantitative estimate of drug-likeness (QED) is 0.516. The fourth-order valence-electron chi connectivity index (χ4n) is 1.86. The lowest BCUT2D eigenvalue weighted by Crippen LogP contribution is -2.35. The minimum atomic E-state index is 0.0295. The number of nitrogens with one attached hydrogen (secondary N) is 2. The zero-order valence-corrected chi connectivity index (χ0v) is 9.71. The molecule has 1 aliphatic heterocycles. The Bertz CT molecular complexity index is 194. The fourth-order valence-corrected chi connectivity index (χ4v) is 1.86. The van der Waals surface area contributed by atoms with Crippen molar-refractivity contribution in [2.24, 2.45) is 5.92 Å². The molecule has 3 N–H and O–H groups in total. The van der Waals surface area contributed by atoms with E-state index in [-0.39, 0.29) is 12.5 Å². The first-order valence-electron chi connectivity index (χ1n) is 5.99. The average Bonchev–Trinajstić information content (AvgIpc) is 2.30. The van der Waals surface area contributed by atoms with Gasteiger partial charge in [0.05, 0.1) is 19.8 Å². The summed E-state index contributed by atoms with van der Waals surface area (Å²) < 4.78 is 5.05. The summed E-state index contributed by atoms with van der Waals surface area (Å²) in [6.45, 7) is 3.39.